The Balaban J connectivity index is 1.73. The normalized spacial score (nSPS) is 10.8. The summed E-state index contributed by atoms with van der Waals surface area (Å²) in [5, 5.41) is 11.4. The van der Waals surface area contributed by atoms with Gasteiger partial charge in [0.05, 0.1) is 18.8 Å². The van der Waals surface area contributed by atoms with Crippen molar-refractivity contribution in [2.75, 3.05) is 5.32 Å². The fourth-order valence-electron chi connectivity index (χ4n) is 2.21. The summed E-state index contributed by atoms with van der Waals surface area (Å²) in [6, 6.07) is 9.76. The van der Waals surface area contributed by atoms with Gasteiger partial charge in [0.15, 0.2) is 0 Å². The Morgan fingerprint density at radius 2 is 2.05 bits per heavy atom. The third-order valence-corrected chi connectivity index (χ3v) is 3.45. The number of rotatable bonds is 5. The van der Waals surface area contributed by atoms with Gasteiger partial charge in [-0.05, 0) is 26.0 Å². The summed E-state index contributed by atoms with van der Waals surface area (Å²) >= 11 is 0. The molecule has 7 heteroatoms. The van der Waals surface area contributed by atoms with Crippen molar-refractivity contribution < 1.29 is 4.52 Å². The van der Waals surface area contributed by atoms with Crippen LogP contribution in [0.2, 0.25) is 0 Å². The lowest BCUT2D eigenvalue weighted by atomic mass is 10.2. The maximum absolute atomic E-state index is 12.0. The molecule has 0 amide bonds. The Bertz CT molecular complexity index is 797. The average molecular weight is 299 g/mol. The zero-order chi connectivity index (χ0) is 15.5. The van der Waals surface area contributed by atoms with Crippen LogP contribution in [0.5, 0.6) is 0 Å². The molecule has 1 aromatic carbocycles. The maximum Gasteiger partial charge on any atom is 0.343 e. The van der Waals surface area contributed by atoms with E-state index in [9.17, 15) is 4.79 Å². The summed E-state index contributed by atoms with van der Waals surface area (Å²) in [6.07, 6.45) is 0. The molecule has 22 heavy (non-hydrogen) atoms. The van der Waals surface area contributed by atoms with Crippen LogP contribution in [0, 0.1) is 13.8 Å². The molecule has 0 bridgehead atoms. The lowest BCUT2D eigenvalue weighted by Gasteiger charge is -2.02. The van der Waals surface area contributed by atoms with Crippen molar-refractivity contribution in [3.05, 3.63) is 63.7 Å². The molecule has 7 nitrogen and oxygen atoms in total. The number of anilines is 1. The van der Waals surface area contributed by atoms with Gasteiger partial charge in [0.2, 0.25) is 0 Å². The first-order valence-electron chi connectivity index (χ1n) is 7.00. The van der Waals surface area contributed by atoms with E-state index in [2.05, 4.69) is 20.6 Å². The molecule has 0 aliphatic rings. The van der Waals surface area contributed by atoms with Gasteiger partial charge in [-0.1, -0.05) is 23.4 Å². The van der Waals surface area contributed by atoms with Gasteiger partial charge >= 0.3 is 5.69 Å². The Morgan fingerprint density at radius 3 is 2.73 bits per heavy atom. The van der Waals surface area contributed by atoms with Crippen LogP contribution in [0.1, 0.15) is 22.8 Å². The molecular formula is C15H17N5O2. The number of nitrogens with one attached hydrogen (secondary N) is 2. The van der Waals surface area contributed by atoms with Crippen LogP contribution in [-0.2, 0) is 13.1 Å². The largest absolute Gasteiger partial charge is 0.378 e. The third-order valence-electron chi connectivity index (χ3n) is 3.45. The summed E-state index contributed by atoms with van der Waals surface area (Å²) < 4.78 is 6.49. The highest BCUT2D eigenvalue weighted by Crippen LogP contribution is 2.12. The molecule has 3 aromatic rings. The molecule has 0 unspecified atom stereocenters. The van der Waals surface area contributed by atoms with Gasteiger partial charge in [-0.2, -0.15) is 5.10 Å². The van der Waals surface area contributed by atoms with E-state index < -0.39 is 0 Å². The molecule has 2 heterocycles. The summed E-state index contributed by atoms with van der Waals surface area (Å²) in [7, 11) is 0. The lowest BCUT2D eigenvalue weighted by Crippen LogP contribution is -2.19. The minimum Gasteiger partial charge on any atom is -0.378 e. The van der Waals surface area contributed by atoms with Gasteiger partial charge in [0, 0.05) is 11.3 Å². The van der Waals surface area contributed by atoms with Crippen LogP contribution >= 0.6 is 0 Å². The predicted octanol–water partition coefficient (Wildman–Crippen LogP) is 1.84. The Labute approximate surface area is 127 Å². The molecule has 114 valence electrons. The van der Waals surface area contributed by atoms with Gasteiger partial charge in [-0.25, -0.2) is 9.48 Å². The zero-order valence-electron chi connectivity index (χ0n) is 12.5. The van der Waals surface area contributed by atoms with E-state index in [-0.39, 0.29) is 5.69 Å². The summed E-state index contributed by atoms with van der Waals surface area (Å²) in [6.45, 7) is 4.47. The SMILES string of the molecule is Cc1noc(C)c1Cn1nc(CNc2ccccc2)[nH]c1=O. The van der Waals surface area contributed by atoms with Crippen LogP contribution in [0.3, 0.4) is 0 Å². The average Bonchev–Trinajstić information content (AvgIpc) is 3.03. The summed E-state index contributed by atoms with van der Waals surface area (Å²) in [5.74, 6) is 1.29. The van der Waals surface area contributed by atoms with Gasteiger partial charge in [0.25, 0.3) is 0 Å². The molecule has 2 N–H and O–H groups in total. The predicted molar refractivity (Wildman–Crippen MR) is 81.7 cm³/mol. The van der Waals surface area contributed by atoms with Crippen LogP contribution < -0.4 is 11.0 Å². The minimum atomic E-state index is -0.245. The van der Waals surface area contributed by atoms with E-state index in [1.165, 1.54) is 4.68 Å². The number of hydrogen-bond donors (Lipinski definition) is 2. The first-order valence-corrected chi connectivity index (χ1v) is 7.00. The van der Waals surface area contributed by atoms with E-state index in [1.54, 1.807) is 0 Å². The number of aromatic amines is 1. The van der Waals surface area contributed by atoms with E-state index in [1.807, 2.05) is 44.2 Å². The summed E-state index contributed by atoms with van der Waals surface area (Å²) in [5.41, 5.74) is 2.39. The number of H-pyrrole nitrogens is 1. The van der Waals surface area contributed by atoms with Crippen LogP contribution in [0.25, 0.3) is 0 Å². The Kier molecular flexibility index (Phi) is 3.78. The molecule has 3 rings (SSSR count). The second-order valence-electron chi connectivity index (χ2n) is 5.06. The molecule has 0 radical (unpaired) electrons. The van der Waals surface area contributed by atoms with E-state index in [0.29, 0.717) is 24.7 Å². The highest BCUT2D eigenvalue weighted by molar-refractivity contribution is 5.42. The van der Waals surface area contributed by atoms with Crippen LogP contribution in [0.4, 0.5) is 5.69 Å². The highest BCUT2D eigenvalue weighted by Gasteiger charge is 2.12. The fourth-order valence-corrected chi connectivity index (χ4v) is 2.21. The Hall–Kier alpha value is -2.83. The number of benzene rings is 1. The first kappa shape index (κ1) is 14.1. The molecule has 0 fully saturated rings. The second-order valence-corrected chi connectivity index (χ2v) is 5.06. The van der Waals surface area contributed by atoms with E-state index in [0.717, 1.165) is 16.9 Å². The number of para-hydroxylation sites is 1. The number of aryl methyl sites for hydroxylation is 2. The van der Waals surface area contributed by atoms with Crippen LogP contribution in [-0.4, -0.2) is 19.9 Å². The molecule has 0 saturated carbocycles. The van der Waals surface area contributed by atoms with E-state index >= 15 is 0 Å². The molecule has 0 aliphatic carbocycles. The van der Waals surface area contributed by atoms with Gasteiger partial charge in [-0.15, -0.1) is 0 Å². The number of nitrogens with zero attached hydrogens (tertiary/aromatic N) is 3. The number of hydrogen-bond acceptors (Lipinski definition) is 5. The third kappa shape index (κ3) is 2.93. The van der Waals surface area contributed by atoms with Crippen molar-refractivity contribution >= 4 is 5.69 Å². The minimum absolute atomic E-state index is 0.245. The molecule has 0 atom stereocenters. The van der Waals surface area contributed by atoms with Crippen molar-refractivity contribution in [3.63, 3.8) is 0 Å². The van der Waals surface area contributed by atoms with Gasteiger partial charge in [0.1, 0.15) is 11.6 Å². The molecule has 2 aromatic heterocycles. The Morgan fingerprint density at radius 1 is 1.27 bits per heavy atom. The molecule has 0 aliphatic heterocycles. The standard InChI is InChI=1S/C15H17N5O2/c1-10-13(11(2)22-19-10)9-20-15(21)17-14(18-20)8-16-12-6-4-3-5-7-12/h3-7,16H,8-9H2,1-2H3,(H,17,18,21). The van der Waals surface area contributed by atoms with Gasteiger partial charge < -0.3 is 9.84 Å². The zero-order valence-corrected chi connectivity index (χ0v) is 12.5. The first-order chi connectivity index (χ1) is 10.6. The van der Waals surface area contributed by atoms with Crippen molar-refractivity contribution in [3.8, 4) is 0 Å². The second kappa shape index (κ2) is 5.88. The molecule has 0 saturated heterocycles. The fraction of sp³-hybridized carbons (Fsp3) is 0.267. The lowest BCUT2D eigenvalue weighted by molar-refractivity contribution is 0.391. The quantitative estimate of drug-likeness (QED) is 0.750. The number of aromatic nitrogens is 4. The highest BCUT2D eigenvalue weighted by atomic mass is 16.5. The van der Waals surface area contributed by atoms with Crippen molar-refractivity contribution in [1.82, 2.24) is 19.9 Å². The van der Waals surface area contributed by atoms with Crippen molar-refractivity contribution in [2.45, 2.75) is 26.9 Å². The maximum atomic E-state index is 12.0. The topological polar surface area (TPSA) is 88.7 Å². The smallest absolute Gasteiger partial charge is 0.343 e. The van der Waals surface area contributed by atoms with E-state index in [4.69, 9.17) is 4.52 Å². The van der Waals surface area contributed by atoms with Crippen molar-refractivity contribution in [1.29, 1.82) is 0 Å². The van der Waals surface area contributed by atoms with Crippen LogP contribution in [0.15, 0.2) is 39.6 Å². The summed E-state index contributed by atoms with van der Waals surface area (Å²) in [4.78, 5) is 14.7. The van der Waals surface area contributed by atoms with Gasteiger partial charge in [-0.3, -0.25) is 4.98 Å². The monoisotopic (exact) mass is 299 g/mol. The molecular weight excluding hydrogens is 282 g/mol. The van der Waals surface area contributed by atoms with Crippen molar-refractivity contribution in [2.24, 2.45) is 0 Å². The molecule has 0 spiro atoms.